The highest BCUT2D eigenvalue weighted by atomic mass is 35.5. The molecule has 3 aromatic rings. The van der Waals surface area contributed by atoms with Crippen LogP contribution in [0, 0.1) is 0 Å². The second kappa shape index (κ2) is 7.33. The van der Waals surface area contributed by atoms with Crippen molar-refractivity contribution in [3.63, 3.8) is 0 Å². The summed E-state index contributed by atoms with van der Waals surface area (Å²) in [6, 6.07) is 9.40. The van der Waals surface area contributed by atoms with Gasteiger partial charge in [0.25, 0.3) is 0 Å². The molecule has 6 nitrogen and oxygen atoms in total. The smallest absolute Gasteiger partial charge is 0.339 e. The van der Waals surface area contributed by atoms with Crippen LogP contribution >= 0.6 is 11.6 Å². The first-order valence-electron chi connectivity index (χ1n) is 10.6. The Morgan fingerprint density at radius 1 is 1.16 bits per heavy atom. The van der Waals surface area contributed by atoms with Gasteiger partial charge >= 0.3 is 5.97 Å². The van der Waals surface area contributed by atoms with E-state index in [1.807, 2.05) is 0 Å². The zero-order chi connectivity index (χ0) is 22.8. The highest BCUT2D eigenvalue weighted by molar-refractivity contribution is 7.91. The molecule has 168 valence electrons. The summed E-state index contributed by atoms with van der Waals surface area (Å²) in [5, 5.41) is 4.52. The lowest BCUT2D eigenvalue weighted by Crippen LogP contribution is -2.31. The van der Waals surface area contributed by atoms with Gasteiger partial charge in [-0.15, -0.1) is 0 Å². The minimum atomic E-state index is -3.93. The molecule has 2 atom stereocenters. The van der Waals surface area contributed by atoms with E-state index in [0.717, 1.165) is 24.2 Å². The van der Waals surface area contributed by atoms with E-state index in [-0.39, 0.29) is 21.4 Å². The van der Waals surface area contributed by atoms with Crippen LogP contribution in [0.2, 0.25) is 5.02 Å². The number of carbonyl (C=O) groups excluding carboxylic acids is 1. The predicted octanol–water partition coefficient (Wildman–Crippen LogP) is 5.22. The van der Waals surface area contributed by atoms with Gasteiger partial charge in [-0.1, -0.05) is 17.7 Å². The van der Waals surface area contributed by atoms with Gasteiger partial charge in [0.1, 0.15) is 16.9 Å². The number of rotatable bonds is 3. The van der Waals surface area contributed by atoms with E-state index in [4.69, 9.17) is 20.8 Å². The summed E-state index contributed by atoms with van der Waals surface area (Å²) in [5.41, 5.74) is 0.802. The number of esters is 1. The maximum absolute atomic E-state index is 13.4. The van der Waals surface area contributed by atoms with Gasteiger partial charge < -0.3 is 14.5 Å². The zero-order valence-electron chi connectivity index (χ0n) is 18.1. The number of nitrogens with one attached hydrogen (secondary N) is 1. The predicted molar refractivity (Wildman–Crippen MR) is 121 cm³/mol. The Balaban J connectivity index is 1.74. The van der Waals surface area contributed by atoms with Crippen LogP contribution < -0.4 is 5.32 Å². The standard InChI is InChI=1S/C24H24ClNO5S/c1-24(2,3)31-23(27)17-11-16(32(28,29)15-6-4-5-13(25)9-15)12-20-21(17)22-18-8-7-14(26-18)10-19(22)30-20/h4-6,9,11-12,14,18,26H,7-8,10H2,1-3H3. The van der Waals surface area contributed by atoms with E-state index < -0.39 is 21.4 Å². The molecule has 0 spiro atoms. The van der Waals surface area contributed by atoms with Crippen molar-refractivity contribution in [3.8, 4) is 0 Å². The van der Waals surface area contributed by atoms with Crippen molar-refractivity contribution in [2.45, 2.75) is 67.5 Å². The monoisotopic (exact) mass is 473 g/mol. The van der Waals surface area contributed by atoms with E-state index in [1.54, 1.807) is 32.9 Å². The molecule has 2 unspecified atom stereocenters. The molecule has 0 radical (unpaired) electrons. The number of sulfone groups is 1. The van der Waals surface area contributed by atoms with Gasteiger partial charge in [0.2, 0.25) is 9.84 Å². The Bertz CT molecular complexity index is 1350. The molecule has 0 saturated carbocycles. The van der Waals surface area contributed by atoms with Crippen molar-refractivity contribution in [1.29, 1.82) is 0 Å². The Morgan fingerprint density at radius 3 is 2.66 bits per heavy atom. The van der Waals surface area contributed by atoms with Crippen LogP contribution in [0.3, 0.4) is 0 Å². The van der Waals surface area contributed by atoms with Gasteiger partial charge in [0.05, 0.1) is 15.4 Å². The third-order valence-corrected chi connectivity index (χ3v) is 7.90. The van der Waals surface area contributed by atoms with Crippen LogP contribution in [-0.4, -0.2) is 26.0 Å². The minimum Gasteiger partial charge on any atom is -0.461 e. The average molecular weight is 474 g/mol. The van der Waals surface area contributed by atoms with Crippen LogP contribution in [0.25, 0.3) is 11.0 Å². The molecule has 2 bridgehead atoms. The summed E-state index contributed by atoms with van der Waals surface area (Å²) in [6.45, 7) is 5.34. The van der Waals surface area contributed by atoms with Crippen molar-refractivity contribution in [3.05, 3.63) is 58.3 Å². The lowest BCUT2D eigenvalue weighted by Gasteiger charge is -2.22. The summed E-state index contributed by atoms with van der Waals surface area (Å²) in [5.74, 6) is 0.239. The molecule has 32 heavy (non-hydrogen) atoms. The maximum atomic E-state index is 13.4. The lowest BCUT2D eigenvalue weighted by molar-refractivity contribution is 0.00714. The van der Waals surface area contributed by atoms with Crippen molar-refractivity contribution in [2.75, 3.05) is 0 Å². The quantitative estimate of drug-likeness (QED) is 0.524. The molecule has 1 fully saturated rings. The fourth-order valence-electron chi connectivity index (χ4n) is 4.65. The van der Waals surface area contributed by atoms with Crippen LogP contribution in [-0.2, 0) is 21.0 Å². The van der Waals surface area contributed by atoms with Gasteiger partial charge in [0.15, 0.2) is 0 Å². The first kappa shape index (κ1) is 21.5. The molecular formula is C24H24ClNO5S. The highest BCUT2D eigenvalue weighted by Crippen LogP contribution is 2.44. The number of fused-ring (bicyclic) bond motifs is 6. The summed E-state index contributed by atoms with van der Waals surface area (Å²) >= 11 is 6.03. The summed E-state index contributed by atoms with van der Waals surface area (Å²) in [7, 11) is -3.93. The molecule has 5 rings (SSSR count). The number of hydrogen-bond donors (Lipinski definition) is 1. The zero-order valence-corrected chi connectivity index (χ0v) is 19.6. The van der Waals surface area contributed by atoms with E-state index in [0.29, 0.717) is 28.5 Å². The molecular weight excluding hydrogens is 450 g/mol. The molecule has 1 saturated heterocycles. The molecule has 2 aliphatic rings. The van der Waals surface area contributed by atoms with Crippen LogP contribution in [0.5, 0.6) is 0 Å². The Labute approximate surface area is 191 Å². The van der Waals surface area contributed by atoms with E-state index in [9.17, 15) is 13.2 Å². The topological polar surface area (TPSA) is 85.6 Å². The van der Waals surface area contributed by atoms with E-state index in [1.165, 1.54) is 24.3 Å². The number of carbonyl (C=O) groups is 1. The van der Waals surface area contributed by atoms with Crippen LogP contribution in [0.1, 0.15) is 61.3 Å². The second-order valence-corrected chi connectivity index (χ2v) is 11.8. The number of ether oxygens (including phenoxy) is 1. The fourth-order valence-corrected chi connectivity index (χ4v) is 6.25. The second-order valence-electron chi connectivity index (χ2n) is 9.44. The fraction of sp³-hybridized carbons (Fsp3) is 0.375. The molecule has 0 amide bonds. The molecule has 0 aliphatic carbocycles. The maximum Gasteiger partial charge on any atom is 0.339 e. The van der Waals surface area contributed by atoms with Crippen molar-refractivity contribution < 1.29 is 22.4 Å². The largest absolute Gasteiger partial charge is 0.461 e. The number of hydrogen-bond acceptors (Lipinski definition) is 6. The Kier molecular flexibility index (Phi) is 4.93. The Hall–Kier alpha value is -2.35. The third-order valence-electron chi connectivity index (χ3n) is 5.94. The molecule has 2 aromatic carbocycles. The van der Waals surface area contributed by atoms with E-state index >= 15 is 0 Å². The summed E-state index contributed by atoms with van der Waals surface area (Å²) < 4.78 is 38.6. The van der Waals surface area contributed by atoms with Crippen molar-refractivity contribution in [1.82, 2.24) is 5.32 Å². The minimum absolute atomic E-state index is 0.0302. The molecule has 1 aromatic heterocycles. The van der Waals surface area contributed by atoms with Gasteiger partial charge in [-0.25, -0.2) is 13.2 Å². The lowest BCUT2D eigenvalue weighted by atomic mass is 9.96. The van der Waals surface area contributed by atoms with Crippen molar-refractivity contribution >= 4 is 38.4 Å². The SMILES string of the molecule is CC(C)(C)OC(=O)c1cc(S(=O)(=O)c2cccc(Cl)c2)cc2oc3c(c12)C1CCC(C3)N1. The number of halogens is 1. The molecule has 8 heteroatoms. The van der Waals surface area contributed by atoms with Gasteiger partial charge in [-0.3, -0.25) is 0 Å². The molecule has 1 N–H and O–H groups in total. The van der Waals surface area contributed by atoms with Gasteiger partial charge in [0, 0.05) is 40.5 Å². The summed E-state index contributed by atoms with van der Waals surface area (Å²) in [4.78, 5) is 13.3. The molecule has 3 heterocycles. The summed E-state index contributed by atoms with van der Waals surface area (Å²) in [6.07, 6.45) is 2.70. The first-order valence-corrected chi connectivity index (χ1v) is 12.5. The average Bonchev–Trinajstić information content (AvgIpc) is 3.27. The van der Waals surface area contributed by atoms with Gasteiger partial charge in [-0.2, -0.15) is 0 Å². The normalized spacial score (nSPS) is 20.4. The number of furan rings is 1. The number of benzene rings is 2. The van der Waals surface area contributed by atoms with E-state index in [2.05, 4.69) is 5.32 Å². The highest BCUT2D eigenvalue weighted by Gasteiger charge is 2.38. The van der Waals surface area contributed by atoms with Crippen molar-refractivity contribution in [2.24, 2.45) is 0 Å². The third kappa shape index (κ3) is 3.62. The Morgan fingerprint density at radius 2 is 1.94 bits per heavy atom. The van der Waals surface area contributed by atoms with Gasteiger partial charge in [-0.05, 0) is 57.9 Å². The first-order chi connectivity index (χ1) is 15.0. The van der Waals surface area contributed by atoms with Crippen LogP contribution in [0.15, 0.2) is 50.6 Å². The van der Waals surface area contributed by atoms with Crippen LogP contribution in [0.4, 0.5) is 0 Å². The molecule has 2 aliphatic heterocycles.